The lowest BCUT2D eigenvalue weighted by Crippen LogP contribution is -2.33. The zero-order valence-corrected chi connectivity index (χ0v) is 18.9. The minimum atomic E-state index is -0.397. The SMILES string of the molecule is CCCOc1ccc(C2=C(Nc3ccc(OC)cc3)C(=O)N(c3ccccc3C)C2=O)cc1. The molecule has 0 radical (unpaired) electrons. The van der Waals surface area contributed by atoms with Crippen LogP contribution in [0.1, 0.15) is 24.5 Å². The van der Waals surface area contributed by atoms with Gasteiger partial charge in [0.15, 0.2) is 0 Å². The summed E-state index contributed by atoms with van der Waals surface area (Å²) in [5, 5.41) is 3.17. The molecule has 3 aromatic carbocycles. The molecule has 6 heteroatoms. The molecule has 0 saturated heterocycles. The van der Waals surface area contributed by atoms with Crippen molar-refractivity contribution in [1.82, 2.24) is 0 Å². The Bertz CT molecular complexity index is 1200. The van der Waals surface area contributed by atoms with Crippen molar-refractivity contribution in [2.75, 3.05) is 23.9 Å². The number of nitrogens with zero attached hydrogens (tertiary/aromatic N) is 1. The van der Waals surface area contributed by atoms with Crippen molar-refractivity contribution in [3.8, 4) is 11.5 Å². The Labute approximate surface area is 193 Å². The van der Waals surface area contributed by atoms with Crippen molar-refractivity contribution in [3.63, 3.8) is 0 Å². The van der Waals surface area contributed by atoms with Gasteiger partial charge in [0.2, 0.25) is 0 Å². The minimum Gasteiger partial charge on any atom is -0.497 e. The molecule has 0 atom stereocenters. The summed E-state index contributed by atoms with van der Waals surface area (Å²) < 4.78 is 10.9. The van der Waals surface area contributed by atoms with Crippen LogP contribution in [0.2, 0.25) is 0 Å². The predicted octanol–water partition coefficient (Wildman–Crippen LogP) is 5.19. The number of nitrogens with one attached hydrogen (secondary N) is 1. The van der Waals surface area contributed by atoms with Crippen LogP contribution in [0.3, 0.4) is 0 Å². The van der Waals surface area contributed by atoms with Crippen LogP contribution in [0.4, 0.5) is 11.4 Å². The van der Waals surface area contributed by atoms with E-state index in [-0.39, 0.29) is 11.6 Å². The second-order valence-corrected chi connectivity index (χ2v) is 7.71. The first-order valence-electron chi connectivity index (χ1n) is 10.9. The molecule has 1 aliphatic rings. The molecule has 168 valence electrons. The van der Waals surface area contributed by atoms with E-state index >= 15 is 0 Å². The van der Waals surface area contributed by atoms with Crippen LogP contribution >= 0.6 is 0 Å². The summed E-state index contributed by atoms with van der Waals surface area (Å²) in [5.41, 5.74) is 3.28. The van der Waals surface area contributed by atoms with Gasteiger partial charge in [-0.05, 0) is 66.9 Å². The number of aryl methyl sites for hydroxylation is 1. The lowest BCUT2D eigenvalue weighted by atomic mass is 10.0. The van der Waals surface area contributed by atoms with Crippen LogP contribution in [0.5, 0.6) is 11.5 Å². The standard InChI is InChI=1S/C27H26N2O4/c1-4-17-33-22-13-9-19(10-14-22)24-25(28-20-11-15-21(32-3)16-12-20)27(31)29(26(24)30)23-8-6-5-7-18(23)2/h5-16,28H,4,17H2,1-3H3. The van der Waals surface area contributed by atoms with Gasteiger partial charge in [-0.25, -0.2) is 4.90 Å². The highest BCUT2D eigenvalue weighted by molar-refractivity contribution is 6.46. The van der Waals surface area contributed by atoms with Crippen LogP contribution in [0, 0.1) is 6.92 Å². The van der Waals surface area contributed by atoms with Gasteiger partial charge >= 0.3 is 0 Å². The van der Waals surface area contributed by atoms with E-state index in [2.05, 4.69) is 5.32 Å². The number of hydrogen-bond donors (Lipinski definition) is 1. The number of hydrogen-bond acceptors (Lipinski definition) is 5. The number of para-hydroxylation sites is 1. The van der Waals surface area contributed by atoms with Crippen molar-refractivity contribution < 1.29 is 19.1 Å². The number of methoxy groups -OCH3 is 1. The second kappa shape index (κ2) is 9.61. The first-order valence-corrected chi connectivity index (χ1v) is 10.9. The Hall–Kier alpha value is -4.06. The molecule has 1 heterocycles. The van der Waals surface area contributed by atoms with Crippen molar-refractivity contribution >= 4 is 28.8 Å². The smallest absolute Gasteiger partial charge is 0.282 e. The molecule has 4 rings (SSSR count). The number of ether oxygens (including phenoxy) is 2. The third kappa shape index (κ3) is 4.46. The molecule has 2 amide bonds. The number of carbonyl (C=O) groups is 2. The van der Waals surface area contributed by atoms with Crippen LogP contribution in [0.15, 0.2) is 78.5 Å². The van der Waals surface area contributed by atoms with Crippen molar-refractivity contribution in [2.45, 2.75) is 20.3 Å². The Morgan fingerprint density at radius 1 is 0.848 bits per heavy atom. The molecule has 1 aliphatic heterocycles. The number of carbonyl (C=O) groups excluding carboxylic acids is 2. The molecule has 3 aromatic rings. The summed E-state index contributed by atoms with van der Waals surface area (Å²) in [6.45, 7) is 4.54. The minimum absolute atomic E-state index is 0.232. The number of benzene rings is 3. The summed E-state index contributed by atoms with van der Waals surface area (Å²) in [7, 11) is 1.59. The molecule has 1 N–H and O–H groups in total. The maximum atomic E-state index is 13.6. The van der Waals surface area contributed by atoms with Gasteiger partial charge in [0.25, 0.3) is 11.8 Å². The van der Waals surface area contributed by atoms with Gasteiger partial charge in [0.05, 0.1) is 25.0 Å². The highest BCUT2D eigenvalue weighted by atomic mass is 16.5. The van der Waals surface area contributed by atoms with E-state index in [9.17, 15) is 9.59 Å². The summed E-state index contributed by atoms with van der Waals surface area (Å²) >= 11 is 0. The van der Waals surface area contributed by atoms with E-state index in [1.165, 1.54) is 4.90 Å². The van der Waals surface area contributed by atoms with Gasteiger partial charge in [-0.1, -0.05) is 37.3 Å². The van der Waals surface area contributed by atoms with E-state index in [1.54, 1.807) is 37.4 Å². The quantitative estimate of drug-likeness (QED) is 0.487. The van der Waals surface area contributed by atoms with Crippen LogP contribution in [-0.4, -0.2) is 25.5 Å². The van der Waals surface area contributed by atoms with Crippen LogP contribution < -0.4 is 19.7 Å². The maximum absolute atomic E-state index is 13.6. The lowest BCUT2D eigenvalue weighted by molar-refractivity contribution is -0.120. The Morgan fingerprint density at radius 2 is 1.52 bits per heavy atom. The van der Waals surface area contributed by atoms with Crippen LogP contribution in [0.25, 0.3) is 5.57 Å². The van der Waals surface area contributed by atoms with E-state index < -0.39 is 5.91 Å². The highest BCUT2D eigenvalue weighted by Gasteiger charge is 2.40. The summed E-state index contributed by atoms with van der Waals surface area (Å²) in [6.07, 6.45) is 0.904. The number of imide groups is 1. The molecule has 0 unspecified atom stereocenters. The fourth-order valence-electron chi connectivity index (χ4n) is 3.70. The van der Waals surface area contributed by atoms with E-state index in [0.717, 1.165) is 17.7 Å². The second-order valence-electron chi connectivity index (χ2n) is 7.71. The molecule has 6 nitrogen and oxygen atoms in total. The molecule has 0 aromatic heterocycles. The largest absolute Gasteiger partial charge is 0.497 e. The topological polar surface area (TPSA) is 67.9 Å². The predicted molar refractivity (Wildman–Crippen MR) is 129 cm³/mol. The van der Waals surface area contributed by atoms with E-state index in [1.807, 2.05) is 56.3 Å². The van der Waals surface area contributed by atoms with Gasteiger partial charge in [0, 0.05) is 5.69 Å². The molecule has 0 aliphatic carbocycles. The Kier molecular flexibility index (Phi) is 6.45. The first kappa shape index (κ1) is 22.1. The third-order valence-corrected chi connectivity index (χ3v) is 5.42. The average Bonchev–Trinajstić information content (AvgIpc) is 3.08. The van der Waals surface area contributed by atoms with E-state index in [4.69, 9.17) is 9.47 Å². The molecule has 0 saturated carbocycles. The van der Waals surface area contributed by atoms with Gasteiger partial charge in [0.1, 0.15) is 17.2 Å². The van der Waals surface area contributed by atoms with Crippen molar-refractivity contribution in [1.29, 1.82) is 0 Å². The summed E-state index contributed by atoms with van der Waals surface area (Å²) in [4.78, 5) is 28.3. The van der Waals surface area contributed by atoms with Crippen LogP contribution in [-0.2, 0) is 9.59 Å². The van der Waals surface area contributed by atoms with Crippen molar-refractivity contribution in [2.24, 2.45) is 0 Å². The van der Waals surface area contributed by atoms with Gasteiger partial charge in [-0.3, -0.25) is 9.59 Å². The van der Waals surface area contributed by atoms with Gasteiger partial charge in [-0.2, -0.15) is 0 Å². The molecular weight excluding hydrogens is 416 g/mol. The normalized spacial score (nSPS) is 13.5. The molecule has 0 fully saturated rings. The zero-order valence-electron chi connectivity index (χ0n) is 18.9. The van der Waals surface area contributed by atoms with Gasteiger partial charge in [-0.15, -0.1) is 0 Å². The molecular formula is C27H26N2O4. The highest BCUT2D eigenvalue weighted by Crippen LogP contribution is 2.35. The Balaban J connectivity index is 1.76. The lowest BCUT2D eigenvalue weighted by Gasteiger charge is -2.17. The molecule has 0 bridgehead atoms. The number of rotatable bonds is 8. The first-order chi connectivity index (χ1) is 16.0. The van der Waals surface area contributed by atoms with Gasteiger partial charge < -0.3 is 14.8 Å². The fourth-order valence-corrected chi connectivity index (χ4v) is 3.70. The monoisotopic (exact) mass is 442 g/mol. The number of amides is 2. The van der Waals surface area contributed by atoms with Crippen molar-refractivity contribution in [3.05, 3.63) is 89.6 Å². The fraction of sp³-hybridized carbons (Fsp3) is 0.185. The maximum Gasteiger partial charge on any atom is 0.282 e. The molecule has 33 heavy (non-hydrogen) atoms. The summed E-state index contributed by atoms with van der Waals surface area (Å²) in [6, 6.07) is 21.8. The third-order valence-electron chi connectivity index (χ3n) is 5.42. The average molecular weight is 443 g/mol. The Morgan fingerprint density at radius 3 is 2.15 bits per heavy atom. The number of anilines is 2. The zero-order chi connectivity index (χ0) is 23.4. The van der Waals surface area contributed by atoms with E-state index in [0.29, 0.717) is 34.9 Å². The molecule has 0 spiro atoms. The summed E-state index contributed by atoms with van der Waals surface area (Å²) in [5.74, 6) is 0.658.